The Morgan fingerprint density at radius 1 is 1.03 bits per heavy atom. The summed E-state index contributed by atoms with van der Waals surface area (Å²) in [5.41, 5.74) is 4.45. The highest BCUT2D eigenvalue weighted by molar-refractivity contribution is 8.00. The summed E-state index contributed by atoms with van der Waals surface area (Å²) >= 11 is 3.36. The summed E-state index contributed by atoms with van der Waals surface area (Å²) in [6, 6.07) is 15.2. The maximum atomic E-state index is 12.7. The molecule has 4 rings (SSSR count). The zero-order chi connectivity index (χ0) is 22.3. The molecule has 2 amide bonds. The molecular formula is C25H27N3O2S2. The van der Waals surface area contributed by atoms with Gasteiger partial charge in [-0.15, -0.1) is 11.3 Å². The van der Waals surface area contributed by atoms with Crippen LogP contribution in [-0.2, 0) is 12.3 Å². The van der Waals surface area contributed by atoms with E-state index in [1.807, 2.05) is 60.4 Å². The Bertz CT molecular complexity index is 1070. The lowest BCUT2D eigenvalue weighted by atomic mass is 10.1. The van der Waals surface area contributed by atoms with Crippen LogP contribution in [0.3, 0.4) is 0 Å². The first-order chi connectivity index (χ1) is 15.6. The highest BCUT2D eigenvalue weighted by atomic mass is 32.2. The molecule has 7 heteroatoms. The van der Waals surface area contributed by atoms with E-state index in [0.29, 0.717) is 17.7 Å². The number of rotatable bonds is 7. The van der Waals surface area contributed by atoms with Gasteiger partial charge < -0.3 is 10.2 Å². The molecule has 0 bridgehead atoms. The van der Waals surface area contributed by atoms with E-state index in [1.54, 1.807) is 23.1 Å². The van der Waals surface area contributed by atoms with Gasteiger partial charge in [-0.2, -0.15) is 0 Å². The molecule has 166 valence electrons. The number of hydrogen-bond acceptors (Lipinski definition) is 5. The molecule has 0 spiro atoms. The van der Waals surface area contributed by atoms with Crippen LogP contribution in [0.4, 0.5) is 0 Å². The van der Waals surface area contributed by atoms with Crippen LogP contribution in [0, 0.1) is 6.92 Å². The van der Waals surface area contributed by atoms with Crippen molar-refractivity contribution in [3.63, 3.8) is 0 Å². The summed E-state index contributed by atoms with van der Waals surface area (Å²) in [6.45, 7) is 4.05. The molecule has 1 N–H and O–H groups in total. The number of hydrogen-bond donors (Lipinski definition) is 1. The number of thiazole rings is 1. The van der Waals surface area contributed by atoms with Crippen LogP contribution in [0.2, 0.25) is 0 Å². The van der Waals surface area contributed by atoms with Gasteiger partial charge in [-0.05, 0) is 61.6 Å². The minimum Gasteiger partial charge on any atom is -0.348 e. The van der Waals surface area contributed by atoms with Gasteiger partial charge in [0.2, 0.25) is 0 Å². The average molecular weight is 466 g/mol. The predicted octanol–water partition coefficient (Wildman–Crippen LogP) is 5.30. The number of nitrogens with one attached hydrogen (secondary N) is 1. The average Bonchev–Trinajstić information content (AvgIpc) is 3.27. The molecule has 3 aromatic rings. The van der Waals surface area contributed by atoms with Crippen molar-refractivity contribution in [2.24, 2.45) is 0 Å². The molecule has 0 atom stereocenters. The van der Waals surface area contributed by atoms with Crippen LogP contribution < -0.4 is 5.32 Å². The number of piperidine rings is 1. The smallest absolute Gasteiger partial charge is 0.253 e. The van der Waals surface area contributed by atoms with Gasteiger partial charge in [-0.3, -0.25) is 9.59 Å². The second kappa shape index (κ2) is 10.8. The maximum Gasteiger partial charge on any atom is 0.253 e. The number of thioether (sulfide) groups is 1. The molecule has 5 nitrogen and oxygen atoms in total. The Labute approximate surface area is 197 Å². The maximum absolute atomic E-state index is 12.7. The van der Waals surface area contributed by atoms with Gasteiger partial charge >= 0.3 is 0 Å². The summed E-state index contributed by atoms with van der Waals surface area (Å²) < 4.78 is 1.06. The number of carbonyl (C=O) groups excluding carboxylic acids is 2. The molecule has 32 heavy (non-hydrogen) atoms. The van der Waals surface area contributed by atoms with E-state index in [1.165, 1.54) is 6.42 Å². The van der Waals surface area contributed by atoms with Crippen LogP contribution in [0.25, 0.3) is 0 Å². The van der Waals surface area contributed by atoms with Gasteiger partial charge in [0, 0.05) is 47.6 Å². The van der Waals surface area contributed by atoms with Crippen molar-refractivity contribution in [2.75, 3.05) is 13.1 Å². The van der Waals surface area contributed by atoms with Crippen molar-refractivity contribution >= 4 is 34.9 Å². The first kappa shape index (κ1) is 22.6. The van der Waals surface area contributed by atoms with Crippen LogP contribution in [0.5, 0.6) is 0 Å². The minimum absolute atomic E-state index is 0.0826. The highest BCUT2D eigenvalue weighted by Crippen LogP contribution is 2.26. The Kier molecular flexibility index (Phi) is 7.60. The normalized spacial score (nSPS) is 13.7. The molecule has 1 aliphatic heterocycles. The van der Waals surface area contributed by atoms with E-state index in [9.17, 15) is 9.59 Å². The van der Waals surface area contributed by atoms with Gasteiger partial charge in [0.25, 0.3) is 11.8 Å². The lowest BCUT2D eigenvalue weighted by Crippen LogP contribution is -2.35. The van der Waals surface area contributed by atoms with Crippen molar-refractivity contribution in [3.05, 3.63) is 81.9 Å². The first-order valence-electron chi connectivity index (χ1n) is 10.9. The van der Waals surface area contributed by atoms with E-state index in [0.717, 1.165) is 52.8 Å². The van der Waals surface area contributed by atoms with Crippen molar-refractivity contribution in [1.82, 2.24) is 15.2 Å². The van der Waals surface area contributed by atoms with Crippen molar-refractivity contribution in [3.8, 4) is 0 Å². The third kappa shape index (κ3) is 5.99. The van der Waals surface area contributed by atoms with E-state index >= 15 is 0 Å². The van der Waals surface area contributed by atoms with Gasteiger partial charge in [0.15, 0.2) is 0 Å². The summed E-state index contributed by atoms with van der Waals surface area (Å²) in [4.78, 5) is 31.7. The summed E-state index contributed by atoms with van der Waals surface area (Å²) in [6.07, 6.45) is 3.34. The third-order valence-electron chi connectivity index (χ3n) is 5.45. The zero-order valence-corrected chi connectivity index (χ0v) is 19.8. The fourth-order valence-electron chi connectivity index (χ4n) is 3.67. The van der Waals surface area contributed by atoms with Crippen molar-refractivity contribution in [2.45, 2.75) is 42.8 Å². The predicted molar refractivity (Wildman–Crippen MR) is 130 cm³/mol. The van der Waals surface area contributed by atoms with Crippen LogP contribution in [0.15, 0.2) is 58.3 Å². The SMILES string of the molecule is Cc1csc(SCc2ccc(C(=O)NCc3cccc(C(=O)N4CCCCC4)c3)cc2)n1. The van der Waals surface area contributed by atoms with Gasteiger partial charge in [-0.1, -0.05) is 36.0 Å². The van der Waals surface area contributed by atoms with Gasteiger partial charge in [0.05, 0.1) is 0 Å². The first-order valence-corrected chi connectivity index (χ1v) is 12.8. The van der Waals surface area contributed by atoms with E-state index in [2.05, 4.69) is 15.7 Å². The monoisotopic (exact) mass is 465 g/mol. The van der Waals surface area contributed by atoms with Crippen molar-refractivity contribution < 1.29 is 9.59 Å². The fraction of sp³-hybridized carbons (Fsp3) is 0.320. The molecule has 1 saturated heterocycles. The second-order valence-electron chi connectivity index (χ2n) is 7.98. The van der Waals surface area contributed by atoms with Gasteiger partial charge in [0.1, 0.15) is 4.34 Å². The number of nitrogens with zero attached hydrogens (tertiary/aromatic N) is 2. The van der Waals surface area contributed by atoms with Crippen LogP contribution >= 0.6 is 23.1 Å². The molecule has 1 fully saturated rings. The zero-order valence-electron chi connectivity index (χ0n) is 18.2. The van der Waals surface area contributed by atoms with Crippen molar-refractivity contribution in [1.29, 1.82) is 0 Å². The van der Waals surface area contributed by atoms with E-state index in [-0.39, 0.29) is 11.8 Å². The van der Waals surface area contributed by atoms with Crippen LogP contribution in [-0.4, -0.2) is 34.8 Å². The number of aromatic nitrogens is 1. The Balaban J connectivity index is 1.30. The minimum atomic E-state index is -0.118. The molecule has 2 heterocycles. The number of carbonyl (C=O) groups is 2. The second-order valence-corrected chi connectivity index (χ2v) is 10.1. The fourth-order valence-corrected chi connectivity index (χ4v) is 5.48. The Hall–Kier alpha value is -2.64. The lowest BCUT2D eigenvalue weighted by molar-refractivity contribution is 0.0724. The number of amides is 2. The van der Waals surface area contributed by atoms with E-state index in [4.69, 9.17) is 0 Å². The quantitative estimate of drug-likeness (QED) is 0.481. The molecule has 0 unspecified atom stereocenters. The standard InChI is InChI=1S/C25H27N3O2S2/c1-18-16-31-25(27-18)32-17-19-8-10-21(11-9-19)23(29)26-15-20-6-5-7-22(14-20)24(30)28-12-3-2-4-13-28/h5-11,14,16H,2-4,12-13,15,17H2,1H3,(H,26,29). The third-order valence-corrected chi connectivity index (χ3v) is 7.66. The summed E-state index contributed by atoms with van der Waals surface area (Å²) in [7, 11) is 0. The largest absolute Gasteiger partial charge is 0.348 e. The number of aryl methyl sites for hydroxylation is 1. The molecule has 0 aliphatic carbocycles. The number of likely N-dealkylation sites (tertiary alicyclic amines) is 1. The number of benzene rings is 2. The Morgan fingerprint density at radius 3 is 2.53 bits per heavy atom. The van der Waals surface area contributed by atoms with Crippen LogP contribution in [0.1, 0.15) is 56.8 Å². The summed E-state index contributed by atoms with van der Waals surface area (Å²) in [5, 5.41) is 5.01. The molecular weight excluding hydrogens is 438 g/mol. The van der Waals surface area contributed by atoms with E-state index < -0.39 is 0 Å². The molecule has 1 aliphatic rings. The highest BCUT2D eigenvalue weighted by Gasteiger charge is 2.18. The molecule has 0 radical (unpaired) electrons. The molecule has 1 aromatic heterocycles. The molecule has 0 saturated carbocycles. The topological polar surface area (TPSA) is 62.3 Å². The lowest BCUT2D eigenvalue weighted by Gasteiger charge is -2.26. The summed E-state index contributed by atoms with van der Waals surface area (Å²) in [5.74, 6) is 0.791. The Morgan fingerprint density at radius 2 is 1.81 bits per heavy atom. The molecule has 2 aromatic carbocycles. The van der Waals surface area contributed by atoms with Gasteiger partial charge in [-0.25, -0.2) is 4.98 Å².